The van der Waals surface area contributed by atoms with Gasteiger partial charge in [-0.2, -0.15) is 0 Å². The molecule has 0 unspecified atom stereocenters. The van der Waals surface area contributed by atoms with E-state index in [1.54, 1.807) is 0 Å². The third-order valence-electron chi connectivity index (χ3n) is 3.21. The SMILES string of the molecule is Cl.NC12CCC(Br)(CC1)CC2. The van der Waals surface area contributed by atoms with Crippen molar-refractivity contribution < 1.29 is 0 Å². The lowest BCUT2D eigenvalue weighted by Gasteiger charge is -2.48. The Bertz CT molecular complexity index is 118. The van der Waals surface area contributed by atoms with E-state index >= 15 is 0 Å². The van der Waals surface area contributed by atoms with E-state index in [0.29, 0.717) is 4.32 Å². The number of halogens is 2. The summed E-state index contributed by atoms with van der Waals surface area (Å²) >= 11 is 3.80. The van der Waals surface area contributed by atoms with Crippen molar-refractivity contribution in [2.24, 2.45) is 5.73 Å². The van der Waals surface area contributed by atoms with Crippen LogP contribution in [0.15, 0.2) is 0 Å². The van der Waals surface area contributed by atoms with Crippen LogP contribution < -0.4 is 5.73 Å². The van der Waals surface area contributed by atoms with E-state index in [0.717, 1.165) is 0 Å². The van der Waals surface area contributed by atoms with Gasteiger partial charge in [0.15, 0.2) is 0 Å². The molecule has 0 radical (unpaired) electrons. The van der Waals surface area contributed by atoms with Crippen molar-refractivity contribution >= 4 is 28.3 Å². The largest absolute Gasteiger partial charge is 0.325 e. The zero-order valence-electron chi connectivity index (χ0n) is 6.61. The quantitative estimate of drug-likeness (QED) is 0.647. The van der Waals surface area contributed by atoms with Crippen molar-refractivity contribution in [3.05, 3.63) is 0 Å². The molecule has 3 heteroatoms. The zero-order chi connectivity index (χ0) is 7.24. The number of nitrogens with two attached hydrogens (primary N) is 1. The summed E-state index contributed by atoms with van der Waals surface area (Å²) in [7, 11) is 0. The molecule has 0 aromatic carbocycles. The molecule has 0 saturated heterocycles. The fourth-order valence-electron chi connectivity index (χ4n) is 2.17. The lowest BCUT2D eigenvalue weighted by atomic mass is 9.66. The lowest BCUT2D eigenvalue weighted by Crippen LogP contribution is -2.52. The summed E-state index contributed by atoms with van der Waals surface area (Å²) in [4.78, 5) is 0. The first-order valence-corrected chi connectivity index (χ1v) is 4.89. The summed E-state index contributed by atoms with van der Waals surface area (Å²) < 4.78 is 0.494. The number of rotatable bonds is 0. The molecule has 2 bridgehead atoms. The van der Waals surface area contributed by atoms with E-state index in [2.05, 4.69) is 15.9 Å². The Labute approximate surface area is 82.6 Å². The molecular weight excluding hydrogens is 225 g/mol. The van der Waals surface area contributed by atoms with Crippen LogP contribution in [0.4, 0.5) is 0 Å². The average Bonchev–Trinajstić information content (AvgIpc) is 1.93. The highest BCUT2D eigenvalue weighted by Gasteiger charge is 2.44. The Balaban J connectivity index is 0.000000605. The molecular formula is C8H15BrClN. The van der Waals surface area contributed by atoms with Gasteiger partial charge in [0.1, 0.15) is 0 Å². The predicted octanol–water partition coefficient (Wildman–Crippen LogP) is 2.61. The van der Waals surface area contributed by atoms with Gasteiger partial charge in [0.2, 0.25) is 0 Å². The third-order valence-corrected chi connectivity index (χ3v) is 4.40. The van der Waals surface area contributed by atoms with E-state index in [1.807, 2.05) is 0 Å². The van der Waals surface area contributed by atoms with Gasteiger partial charge in [0.05, 0.1) is 0 Å². The third kappa shape index (κ3) is 1.73. The Morgan fingerprint density at radius 1 is 0.909 bits per heavy atom. The smallest absolute Gasteiger partial charge is 0.0260 e. The molecule has 3 saturated carbocycles. The van der Waals surface area contributed by atoms with Gasteiger partial charge in [0, 0.05) is 9.86 Å². The molecule has 1 nitrogen and oxygen atoms in total. The van der Waals surface area contributed by atoms with E-state index < -0.39 is 0 Å². The molecule has 3 aliphatic carbocycles. The van der Waals surface area contributed by atoms with Crippen LogP contribution in [0.25, 0.3) is 0 Å². The van der Waals surface area contributed by atoms with Crippen LogP contribution in [-0.4, -0.2) is 9.86 Å². The molecule has 0 aromatic heterocycles. The van der Waals surface area contributed by atoms with E-state index in [4.69, 9.17) is 5.73 Å². The van der Waals surface area contributed by atoms with Gasteiger partial charge >= 0.3 is 0 Å². The van der Waals surface area contributed by atoms with Gasteiger partial charge in [-0.25, -0.2) is 0 Å². The molecule has 11 heavy (non-hydrogen) atoms. The van der Waals surface area contributed by atoms with Crippen LogP contribution in [0.5, 0.6) is 0 Å². The Kier molecular flexibility index (Phi) is 2.58. The average molecular weight is 241 g/mol. The van der Waals surface area contributed by atoms with Gasteiger partial charge in [-0.3, -0.25) is 0 Å². The number of hydrogen-bond donors (Lipinski definition) is 1. The molecule has 3 fully saturated rings. The van der Waals surface area contributed by atoms with E-state index in [-0.39, 0.29) is 17.9 Å². The maximum absolute atomic E-state index is 6.13. The van der Waals surface area contributed by atoms with Crippen LogP contribution in [0.3, 0.4) is 0 Å². The van der Waals surface area contributed by atoms with Crippen molar-refractivity contribution in [1.82, 2.24) is 0 Å². The maximum Gasteiger partial charge on any atom is 0.0260 e. The molecule has 0 atom stereocenters. The summed E-state index contributed by atoms with van der Waals surface area (Å²) in [5.41, 5.74) is 6.37. The summed E-state index contributed by atoms with van der Waals surface area (Å²) in [6.07, 6.45) is 7.59. The van der Waals surface area contributed by atoms with Crippen molar-refractivity contribution in [2.45, 2.75) is 48.4 Å². The monoisotopic (exact) mass is 239 g/mol. The summed E-state index contributed by atoms with van der Waals surface area (Å²) in [5, 5.41) is 0. The predicted molar refractivity (Wildman–Crippen MR) is 53.5 cm³/mol. The fourth-order valence-corrected chi connectivity index (χ4v) is 2.76. The fraction of sp³-hybridized carbons (Fsp3) is 1.00. The number of hydrogen-bond acceptors (Lipinski definition) is 1. The van der Waals surface area contributed by atoms with E-state index in [1.165, 1.54) is 38.5 Å². The van der Waals surface area contributed by atoms with Gasteiger partial charge < -0.3 is 5.73 Å². The van der Waals surface area contributed by atoms with E-state index in [9.17, 15) is 0 Å². The molecule has 0 spiro atoms. The zero-order valence-corrected chi connectivity index (χ0v) is 9.01. The second-order valence-corrected chi connectivity index (χ2v) is 5.70. The van der Waals surface area contributed by atoms with Crippen molar-refractivity contribution in [2.75, 3.05) is 0 Å². The summed E-state index contributed by atoms with van der Waals surface area (Å²) in [6.45, 7) is 0. The van der Waals surface area contributed by atoms with Crippen LogP contribution in [-0.2, 0) is 0 Å². The molecule has 0 aromatic rings. The number of fused-ring (bicyclic) bond motifs is 3. The highest BCUT2D eigenvalue weighted by atomic mass is 79.9. The second kappa shape index (κ2) is 2.90. The van der Waals surface area contributed by atoms with Crippen molar-refractivity contribution in [3.63, 3.8) is 0 Å². The first-order valence-electron chi connectivity index (χ1n) is 4.10. The van der Waals surface area contributed by atoms with Gasteiger partial charge in [-0.05, 0) is 38.5 Å². The van der Waals surface area contributed by atoms with Crippen LogP contribution >= 0.6 is 28.3 Å². The van der Waals surface area contributed by atoms with Crippen LogP contribution in [0.2, 0.25) is 0 Å². The normalized spacial score (nSPS) is 48.5. The van der Waals surface area contributed by atoms with Gasteiger partial charge in [-0.15, -0.1) is 12.4 Å². The minimum atomic E-state index is 0. The topological polar surface area (TPSA) is 26.0 Å². The Morgan fingerprint density at radius 3 is 1.55 bits per heavy atom. The highest BCUT2D eigenvalue weighted by Crippen LogP contribution is 2.50. The first-order chi connectivity index (χ1) is 4.62. The molecule has 2 N–H and O–H groups in total. The molecule has 0 amide bonds. The van der Waals surface area contributed by atoms with Crippen molar-refractivity contribution in [3.8, 4) is 0 Å². The molecule has 0 aliphatic heterocycles. The summed E-state index contributed by atoms with van der Waals surface area (Å²) in [6, 6.07) is 0. The lowest BCUT2D eigenvalue weighted by molar-refractivity contribution is 0.168. The van der Waals surface area contributed by atoms with Gasteiger partial charge in [-0.1, -0.05) is 15.9 Å². The summed E-state index contributed by atoms with van der Waals surface area (Å²) in [5.74, 6) is 0. The number of alkyl halides is 1. The van der Waals surface area contributed by atoms with Crippen LogP contribution in [0.1, 0.15) is 38.5 Å². The molecule has 3 aliphatic rings. The van der Waals surface area contributed by atoms with Gasteiger partial charge in [0.25, 0.3) is 0 Å². The van der Waals surface area contributed by atoms with Crippen molar-refractivity contribution in [1.29, 1.82) is 0 Å². The molecule has 66 valence electrons. The first kappa shape index (κ1) is 9.82. The maximum atomic E-state index is 6.13. The standard InChI is InChI=1S/C8H14BrN.ClH/c9-7-1-4-8(10,5-2-7)6-3-7;/h1-6,10H2;1H. The highest BCUT2D eigenvalue weighted by molar-refractivity contribution is 9.10. The Morgan fingerprint density at radius 2 is 1.27 bits per heavy atom. The van der Waals surface area contributed by atoms with Crippen LogP contribution in [0, 0.1) is 0 Å². The minimum Gasteiger partial charge on any atom is -0.325 e. The molecule has 0 heterocycles. The Hall–Kier alpha value is 0.730. The second-order valence-electron chi connectivity index (χ2n) is 4.01. The minimum absolute atomic E-state index is 0. The molecule has 3 rings (SSSR count).